The third-order valence-corrected chi connectivity index (χ3v) is 3.64. The van der Waals surface area contributed by atoms with Gasteiger partial charge in [-0.25, -0.2) is 0 Å². The second kappa shape index (κ2) is 8.15. The van der Waals surface area contributed by atoms with Gasteiger partial charge >= 0.3 is 0 Å². The zero-order valence-corrected chi connectivity index (χ0v) is 12.2. The van der Waals surface area contributed by atoms with Crippen LogP contribution in [0.3, 0.4) is 0 Å². The van der Waals surface area contributed by atoms with Crippen molar-refractivity contribution in [3.63, 3.8) is 0 Å². The van der Waals surface area contributed by atoms with Gasteiger partial charge in [-0.15, -0.1) is 0 Å². The molecule has 0 amide bonds. The van der Waals surface area contributed by atoms with Gasteiger partial charge in [0.15, 0.2) is 0 Å². The van der Waals surface area contributed by atoms with Gasteiger partial charge in [0.1, 0.15) is 5.75 Å². The Labute approximate surface area is 112 Å². The summed E-state index contributed by atoms with van der Waals surface area (Å²) in [4.78, 5) is 0. The number of benzene rings is 1. The first kappa shape index (κ1) is 15.0. The highest BCUT2D eigenvalue weighted by Gasteiger charge is 2.13. The smallest absolute Gasteiger partial charge is 0.123 e. The maximum Gasteiger partial charge on any atom is 0.123 e. The van der Waals surface area contributed by atoms with Crippen molar-refractivity contribution in [2.75, 3.05) is 6.61 Å². The van der Waals surface area contributed by atoms with E-state index < -0.39 is 0 Å². The maximum absolute atomic E-state index is 5.64. The second-order valence-corrected chi connectivity index (χ2v) is 4.79. The first-order chi connectivity index (χ1) is 8.72. The molecular weight excluding hydrogens is 222 g/mol. The predicted molar refractivity (Wildman–Crippen MR) is 78.0 cm³/mol. The molecule has 0 saturated heterocycles. The van der Waals surface area contributed by atoms with Crippen molar-refractivity contribution in [2.45, 2.75) is 53.1 Å². The minimum atomic E-state index is 0.551. The fraction of sp³-hybridized carbons (Fsp3) is 0.625. The van der Waals surface area contributed by atoms with E-state index in [4.69, 9.17) is 4.74 Å². The van der Waals surface area contributed by atoms with Gasteiger partial charge in [0, 0.05) is 18.2 Å². The molecule has 1 aromatic carbocycles. The lowest BCUT2D eigenvalue weighted by atomic mass is 9.95. The monoisotopic (exact) mass is 249 g/mol. The summed E-state index contributed by atoms with van der Waals surface area (Å²) < 4.78 is 5.64. The molecular formula is C16H27NO. The van der Waals surface area contributed by atoms with Crippen molar-refractivity contribution in [2.24, 2.45) is 5.92 Å². The van der Waals surface area contributed by atoms with Crippen LogP contribution in [0.1, 0.15) is 46.1 Å². The third kappa shape index (κ3) is 4.34. The van der Waals surface area contributed by atoms with Crippen molar-refractivity contribution < 1.29 is 4.74 Å². The Kier molecular flexibility index (Phi) is 6.81. The van der Waals surface area contributed by atoms with Crippen LogP contribution in [0.2, 0.25) is 0 Å². The fourth-order valence-electron chi connectivity index (χ4n) is 2.38. The van der Waals surface area contributed by atoms with Gasteiger partial charge in [-0.1, -0.05) is 44.9 Å². The van der Waals surface area contributed by atoms with E-state index >= 15 is 0 Å². The SMILES string of the molecule is CCOc1ccccc1CNC(C)C(CC)CC. The molecule has 0 saturated carbocycles. The van der Waals surface area contributed by atoms with Crippen LogP contribution in [0.5, 0.6) is 5.75 Å². The normalized spacial score (nSPS) is 12.7. The van der Waals surface area contributed by atoms with Crippen molar-refractivity contribution in [3.05, 3.63) is 29.8 Å². The summed E-state index contributed by atoms with van der Waals surface area (Å²) in [6, 6.07) is 8.83. The van der Waals surface area contributed by atoms with Crippen LogP contribution in [-0.2, 0) is 6.54 Å². The van der Waals surface area contributed by atoms with Gasteiger partial charge < -0.3 is 10.1 Å². The summed E-state index contributed by atoms with van der Waals surface area (Å²) in [7, 11) is 0. The molecule has 1 aromatic rings. The van der Waals surface area contributed by atoms with Crippen LogP contribution in [0, 0.1) is 5.92 Å². The lowest BCUT2D eigenvalue weighted by molar-refractivity contribution is 0.327. The van der Waals surface area contributed by atoms with Gasteiger partial charge in [-0.2, -0.15) is 0 Å². The Morgan fingerprint density at radius 1 is 1.11 bits per heavy atom. The minimum Gasteiger partial charge on any atom is -0.494 e. The van der Waals surface area contributed by atoms with E-state index in [0.29, 0.717) is 6.04 Å². The van der Waals surface area contributed by atoms with E-state index in [1.54, 1.807) is 0 Å². The number of ether oxygens (including phenoxy) is 1. The Morgan fingerprint density at radius 2 is 1.78 bits per heavy atom. The molecule has 0 fully saturated rings. The Hall–Kier alpha value is -1.02. The van der Waals surface area contributed by atoms with Crippen LogP contribution in [0.15, 0.2) is 24.3 Å². The van der Waals surface area contributed by atoms with Gasteiger partial charge in [-0.05, 0) is 25.8 Å². The highest BCUT2D eigenvalue weighted by molar-refractivity contribution is 5.33. The molecule has 1 N–H and O–H groups in total. The number of rotatable bonds is 8. The fourth-order valence-corrected chi connectivity index (χ4v) is 2.38. The average molecular weight is 249 g/mol. The molecule has 0 aliphatic heterocycles. The maximum atomic E-state index is 5.64. The van der Waals surface area contributed by atoms with Crippen LogP contribution < -0.4 is 10.1 Å². The highest BCUT2D eigenvalue weighted by atomic mass is 16.5. The lowest BCUT2D eigenvalue weighted by Gasteiger charge is -2.23. The molecule has 0 aromatic heterocycles. The molecule has 0 bridgehead atoms. The molecule has 1 rings (SSSR count). The number of hydrogen-bond acceptors (Lipinski definition) is 2. The molecule has 0 radical (unpaired) electrons. The molecule has 18 heavy (non-hydrogen) atoms. The van der Waals surface area contributed by atoms with E-state index in [1.807, 2.05) is 19.1 Å². The summed E-state index contributed by atoms with van der Waals surface area (Å²) in [6.07, 6.45) is 2.47. The first-order valence-electron chi connectivity index (χ1n) is 7.16. The van der Waals surface area contributed by atoms with Crippen LogP contribution >= 0.6 is 0 Å². The van der Waals surface area contributed by atoms with Gasteiger partial charge in [0.05, 0.1) is 6.61 Å². The van der Waals surface area contributed by atoms with Crippen molar-refractivity contribution in [3.8, 4) is 5.75 Å². The summed E-state index contributed by atoms with van der Waals surface area (Å²) in [5, 5.41) is 3.62. The Balaban J connectivity index is 2.57. The molecule has 0 spiro atoms. The average Bonchev–Trinajstić information content (AvgIpc) is 2.39. The van der Waals surface area contributed by atoms with Crippen molar-refractivity contribution in [1.29, 1.82) is 0 Å². The standard InChI is InChI=1S/C16H27NO/c1-5-14(6-2)13(4)17-12-15-10-8-9-11-16(15)18-7-3/h8-11,13-14,17H,5-7,12H2,1-4H3. The van der Waals surface area contributed by atoms with E-state index in [0.717, 1.165) is 24.8 Å². The summed E-state index contributed by atoms with van der Waals surface area (Å²) in [5.74, 6) is 1.76. The lowest BCUT2D eigenvalue weighted by Crippen LogP contribution is -2.32. The van der Waals surface area contributed by atoms with Crippen LogP contribution in [-0.4, -0.2) is 12.6 Å². The quantitative estimate of drug-likeness (QED) is 0.752. The first-order valence-corrected chi connectivity index (χ1v) is 7.16. The molecule has 0 heterocycles. The second-order valence-electron chi connectivity index (χ2n) is 4.79. The largest absolute Gasteiger partial charge is 0.494 e. The Morgan fingerprint density at radius 3 is 2.39 bits per heavy atom. The molecule has 102 valence electrons. The summed E-state index contributed by atoms with van der Waals surface area (Å²) in [5.41, 5.74) is 1.25. The van der Waals surface area contributed by atoms with Gasteiger partial charge in [0.25, 0.3) is 0 Å². The number of nitrogens with one attached hydrogen (secondary N) is 1. The van der Waals surface area contributed by atoms with E-state index in [-0.39, 0.29) is 0 Å². The number of hydrogen-bond donors (Lipinski definition) is 1. The zero-order valence-electron chi connectivity index (χ0n) is 12.2. The predicted octanol–water partition coefficient (Wildman–Crippen LogP) is 4.00. The van der Waals surface area contributed by atoms with Gasteiger partial charge in [0.2, 0.25) is 0 Å². The molecule has 2 nitrogen and oxygen atoms in total. The Bertz CT molecular complexity index is 334. The summed E-state index contributed by atoms with van der Waals surface area (Å²) in [6.45, 7) is 10.4. The molecule has 1 unspecified atom stereocenters. The molecule has 0 aliphatic rings. The van der Waals surface area contributed by atoms with Crippen molar-refractivity contribution >= 4 is 0 Å². The third-order valence-electron chi connectivity index (χ3n) is 3.64. The zero-order chi connectivity index (χ0) is 13.4. The molecule has 2 heteroatoms. The molecule has 0 aliphatic carbocycles. The van der Waals surface area contributed by atoms with Crippen molar-refractivity contribution in [1.82, 2.24) is 5.32 Å². The summed E-state index contributed by atoms with van der Waals surface area (Å²) >= 11 is 0. The van der Waals surface area contributed by atoms with Crippen LogP contribution in [0.25, 0.3) is 0 Å². The van der Waals surface area contributed by atoms with Crippen LogP contribution in [0.4, 0.5) is 0 Å². The van der Waals surface area contributed by atoms with E-state index in [2.05, 4.69) is 38.2 Å². The minimum absolute atomic E-state index is 0.551. The number of para-hydroxylation sites is 1. The van der Waals surface area contributed by atoms with E-state index in [9.17, 15) is 0 Å². The topological polar surface area (TPSA) is 21.3 Å². The highest BCUT2D eigenvalue weighted by Crippen LogP contribution is 2.19. The van der Waals surface area contributed by atoms with E-state index in [1.165, 1.54) is 18.4 Å². The van der Waals surface area contributed by atoms with Gasteiger partial charge in [-0.3, -0.25) is 0 Å². The molecule has 1 atom stereocenters.